The van der Waals surface area contributed by atoms with Gasteiger partial charge in [0.05, 0.1) is 0 Å². The van der Waals surface area contributed by atoms with Crippen LogP contribution in [0.3, 0.4) is 0 Å². The van der Waals surface area contributed by atoms with Crippen LogP contribution < -0.4 is 5.32 Å². The van der Waals surface area contributed by atoms with E-state index in [2.05, 4.69) is 5.32 Å². The van der Waals surface area contributed by atoms with E-state index in [1.807, 2.05) is 0 Å². The first-order valence-corrected chi connectivity index (χ1v) is 8.25. The quantitative estimate of drug-likeness (QED) is 0.834. The molecule has 2 aromatic rings. The molecule has 0 saturated heterocycles. The molecule has 2 aromatic carbocycles. The van der Waals surface area contributed by atoms with Crippen LogP contribution in [0.15, 0.2) is 54.6 Å². The summed E-state index contributed by atoms with van der Waals surface area (Å²) in [5, 5.41) is 12.4. The molecule has 0 aliphatic carbocycles. The maximum Gasteiger partial charge on any atom is 0.334 e. The predicted octanol–water partition coefficient (Wildman–Crippen LogP) is 2.51. The van der Waals surface area contributed by atoms with E-state index in [1.165, 1.54) is 17.0 Å². The van der Waals surface area contributed by atoms with E-state index < -0.39 is 17.4 Å². The number of aliphatic carboxylic acids is 1. The molecule has 0 aliphatic heterocycles. The molecule has 2 N–H and O–H groups in total. The number of amides is 2. The third kappa shape index (κ3) is 3.74. The molecule has 0 aliphatic rings. The summed E-state index contributed by atoms with van der Waals surface area (Å²) in [6, 6.07) is 14.7. The van der Waals surface area contributed by atoms with Crippen molar-refractivity contribution < 1.29 is 19.5 Å². The monoisotopic (exact) mass is 354 g/mol. The molecule has 2 amide bonds. The normalized spacial score (nSPS) is 12.7. The lowest BCUT2D eigenvalue weighted by atomic mass is 9.87. The van der Waals surface area contributed by atoms with Crippen LogP contribution >= 0.6 is 0 Å². The molecule has 6 nitrogen and oxygen atoms in total. The third-order valence-corrected chi connectivity index (χ3v) is 4.29. The summed E-state index contributed by atoms with van der Waals surface area (Å²) < 4.78 is 0. The number of nitrogens with zero attached hydrogens (tertiary/aromatic N) is 1. The molecule has 1 unspecified atom stereocenters. The number of carbonyl (C=O) groups is 3. The lowest BCUT2D eigenvalue weighted by Gasteiger charge is -2.30. The van der Waals surface area contributed by atoms with Gasteiger partial charge in [-0.25, -0.2) is 4.79 Å². The second-order valence-electron chi connectivity index (χ2n) is 6.16. The Morgan fingerprint density at radius 2 is 1.50 bits per heavy atom. The van der Waals surface area contributed by atoms with E-state index >= 15 is 0 Å². The molecule has 6 heteroatoms. The maximum atomic E-state index is 12.6. The van der Waals surface area contributed by atoms with Gasteiger partial charge < -0.3 is 15.3 Å². The molecule has 1 atom stereocenters. The van der Waals surface area contributed by atoms with Crippen molar-refractivity contribution in [3.05, 3.63) is 71.3 Å². The Morgan fingerprint density at radius 3 is 1.96 bits per heavy atom. The lowest BCUT2D eigenvalue weighted by Crippen LogP contribution is -2.51. The molecule has 0 bridgehead atoms. The highest BCUT2D eigenvalue weighted by atomic mass is 16.4. The van der Waals surface area contributed by atoms with Crippen LogP contribution in [0.25, 0.3) is 0 Å². The van der Waals surface area contributed by atoms with Crippen molar-refractivity contribution in [1.82, 2.24) is 10.2 Å². The van der Waals surface area contributed by atoms with Crippen molar-refractivity contribution in [3.63, 3.8) is 0 Å². The number of rotatable bonds is 6. The van der Waals surface area contributed by atoms with Crippen LogP contribution in [0, 0.1) is 0 Å². The summed E-state index contributed by atoms with van der Waals surface area (Å²) in [4.78, 5) is 38.0. The first-order valence-electron chi connectivity index (χ1n) is 8.25. The predicted molar refractivity (Wildman–Crippen MR) is 98.0 cm³/mol. The maximum absolute atomic E-state index is 12.6. The van der Waals surface area contributed by atoms with Crippen molar-refractivity contribution in [2.75, 3.05) is 14.1 Å². The fraction of sp³-hybridized carbons (Fsp3) is 0.250. The van der Waals surface area contributed by atoms with Gasteiger partial charge >= 0.3 is 5.97 Å². The molecule has 2 rings (SSSR count). The topological polar surface area (TPSA) is 86.7 Å². The van der Waals surface area contributed by atoms with Gasteiger partial charge in [0, 0.05) is 25.2 Å². The number of hydrogen-bond donors (Lipinski definition) is 2. The van der Waals surface area contributed by atoms with Crippen LogP contribution in [0.5, 0.6) is 0 Å². The Bertz CT molecular complexity index is 800. The second kappa shape index (κ2) is 7.82. The molecule has 0 aromatic heterocycles. The van der Waals surface area contributed by atoms with Crippen LogP contribution in [0.1, 0.15) is 39.6 Å². The van der Waals surface area contributed by atoms with Gasteiger partial charge in [0.2, 0.25) is 0 Å². The van der Waals surface area contributed by atoms with Crippen molar-refractivity contribution in [3.8, 4) is 0 Å². The minimum Gasteiger partial charge on any atom is -0.479 e. The zero-order valence-electron chi connectivity index (χ0n) is 15.0. The molecular formula is C20H22N2O4. The van der Waals surface area contributed by atoms with E-state index in [0.29, 0.717) is 11.1 Å². The van der Waals surface area contributed by atoms with Crippen LogP contribution in [-0.4, -0.2) is 41.9 Å². The Hall–Kier alpha value is -3.15. The van der Waals surface area contributed by atoms with Crippen molar-refractivity contribution in [1.29, 1.82) is 0 Å². The zero-order chi connectivity index (χ0) is 19.3. The number of hydrogen-bond acceptors (Lipinski definition) is 3. The summed E-state index contributed by atoms with van der Waals surface area (Å²) in [6.07, 6.45) is 0.190. The van der Waals surface area contributed by atoms with E-state index in [4.69, 9.17) is 0 Å². The third-order valence-electron chi connectivity index (χ3n) is 4.29. The Kier molecular flexibility index (Phi) is 5.77. The summed E-state index contributed by atoms with van der Waals surface area (Å²) in [5.74, 6) is -1.81. The van der Waals surface area contributed by atoms with Crippen molar-refractivity contribution in [2.45, 2.75) is 18.9 Å². The fourth-order valence-electron chi connectivity index (χ4n) is 2.70. The van der Waals surface area contributed by atoms with E-state index in [1.54, 1.807) is 63.5 Å². The highest BCUT2D eigenvalue weighted by Gasteiger charge is 2.40. The van der Waals surface area contributed by atoms with Crippen LogP contribution in [0.4, 0.5) is 0 Å². The first-order chi connectivity index (χ1) is 12.3. The first kappa shape index (κ1) is 19.2. The standard InChI is InChI=1S/C20H22N2O4/c1-4-20(19(25)26,16-8-6-5-7-9-16)21-17(23)14-10-12-15(13-11-14)18(24)22(2)3/h5-13H,4H2,1-3H3,(H,21,23)(H,25,26). The average molecular weight is 354 g/mol. The molecule has 136 valence electrons. The van der Waals surface area contributed by atoms with Gasteiger partial charge in [-0.1, -0.05) is 37.3 Å². The molecule has 0 fully saturated rings. The summed E-state index contributed by atoms with van der Waals surface area (Å²) >= 11 is 0. The Labute approximate surface area is 152 Å². The largest absolute Gasteiger partial charge is 0.479 e. The second-order valence-corrected chi connectivity index (χ2v) is 6.16. The number of nitrogens with one attached hydrogen (secondary N) is 1. The van der Waals surface area contributed by atoms with Gasteiger partial charge in [-0.3, -0.25) is 9.59 Å². The van der Waals surface area contributed by atoms with Crippen molar-refractivity contribution >= 4 is 17.8 Å². The molecule has 0 saturated carbocycles. The number of carbonyl (C=O) groups excluding carboxylic acids is 2. The molecule has 0 spiro atoms. The lowest BCUT2D eigenvalue weighted by molar-refractivity contribution is -0.145. The zero-order valence-corrected chi connectivity index (χ0v) is 15.0. The summed E-state index contributed by atoms with van der Waals surface area (Å²) in [6.45, 7) is 1.71. The molecule has 0 heterocycles. The number of carboxylic acid groups (broad SMARTS) is 1. The Balaban J connectivity index is 2.31. The van der Waals surface area contributed by atoms with Crippen molar-refractivity contribution in [2.24, 2.45) is 0 Å². The van der Waals surface area contributed by atoms with E-state index in [9.17, 15) is 19.5 Å². The number of carboxylic acids is 1. The molecule has 0 radical (unpaired) electrons. The fourth-order valence-corrected chi connectivity index (χ4v) is 2.70. The smallest absolute Gasteiger partial charge is 0.334 e. The summed E-state index contributed by atoms with van der Waals surface area (Å²) in [5.41, 5.74) is -0.274. The van der Waals surface area contributed by atoms with E-state index in [-0.39, 0.29) is 17.9 Å². The van der Waals surface area contributed by atoms with Gasteiger partial charge in [-0.05, 0) is 36.2 Å². The van der Waals surface area contributed by atoms with Gasteiger partial charge in [-0.2, -0.15) is 0 Å². The summed E-state index contributed by atoms with van der Waals surface area (Å²) in [7, 11) is 3.29. The minimum atomic E-state index is -1.52. The van der Waals surface area contributed by atoms with Gasteiger partial charge in [-0.15, -0.1) is 0 Å². The highest BCUT2D eigenvalue weighted by molar-refractivity contribution is 6.00. The van der Waals surface area contributed by atoms with Gasteiger partial charge in [0.25, 0.3) is 11.8 Å². The van der Waals surface area contributed by atoms with Gasteiger partial charge in [0.1, 0.15) is 0 Å². The van der Waals surface area contributed by atoms with E-state index in [0.717, 1.165) is 0 Å². The minimum absolute atomic E-state index is 0.172. The van der Waals surface area contributed by atoms with Crippen LogP contribution in [0.2, 0.25) is 0 Å². The number of benzene rings is 2. The molecular weight excluding hydrogens is 332 g/mol. The molecule has 26 heavy (non-hydrogen) atoms. The Morgan fingerprint density at radius 1 is 0.962 bits per heavy atom. The van der Waals surface area contributed by atoms with Gasteiger partial charge in [0.15, 0.2) is 5.54 Å². The SMILES string of the molecule is CCC(NC(=O)c1ccc(C(=O)N(C)C)cc1)(C(=O)O)c1ccccc1. The highest BCUT2D eigenvalue weighted by Crippen LogP contribution is 2.26. The average Bonchev–Trinajstić information content (AvgIpc) is 2.65. The van der Waals surface area contributed by atoms with Crippen LogP contribution in [-0.2, 0) is 10.3 Å².